The number of aliphatic hydroxyl groups excluding tert-OH is 1. The number of anilines is 1. The number of nitrogens with zero attached hydrogens (tertiary/aromatic N) is 2. The molecular formula is C26H24N2O5. The summed E-state index contributed by atoms with van der Waals surface area (Å²) < 4.78 is 10.7. The molecule has 1 saturated heterocycles. The highest BCUT2D eigenvalue weighted by Crippen LogP contribution is 2.44. The fraction of sp³-hybridized carbons (Fsp3) is 0.192. The number of carbonyl (C=O) groups excluding carboxylic acids is 2. The summed E-state index contributed by atoms with van der Waals surface area (Å²) in [5.41, 5.74) is 3.41. The van der Waals surface area contributed by atoms with Crippen LogP contribution < -0.4 is 14.4 Å². The molecule has 0 aliphatic carbocycles. The number of methoxy groups -OCH3 is 2. The van der Waals surface area contributed by atoms with Gasteiger partial charge in [0.1, 0.15) is 17.3 Å². The second kappa shape index (κ2) is 8.78. The molecule has 2 heterocycles. The third-order valence-corrected chi connectivity index (χ3v) is 5.74. The average molecular weight is 444 g/mol. The Morgan fingerprint density at radius 1 is 0.970 bits per heavy atom. The van der Waals surface area contributed by atoms with Crippen molar-refractivity contribution in [3.05, 3.63) is 88.8 Å². The van der Waals surface area contributed by atoms with Crippen molar-refractivity contribution in [3.8, 4) is 11.5 Å². The molecule has 0 radical (unpaired) electrons. The maximum Gasteiger partial charge on any atom is 0.300 e. The smallest absolute Gasteiger partial charge is 0.300 e. The Kier molecular flexibility index (Phi) is 5.87. The molecule has 1 fully saturated rings. The zero-order chi connectivity index (χ0) is 23.7. The van der Waals surface area contributed by atoms with Crippen molar-refractivity contribution in [2.45, 2.75) is 19.9 Å². The normalized spacial score (nSPS) is 17.3. The Morgan fingerprint density at radius 3 is 2.33 bits per heavy atom. The van der Waals surface area contributed by atoms with Gasteiger partial charge in [0.15, 0.2) is 0 Å². The molecule has 7 heteroatoms. The highest BCUT2D eigenvalue weighted by Gasteiger charge is 2.47. The minimum atomic E-state index is -0.832. The topological polar surface area (TPSA) is 89.0 Å². The van der Waals surface area contributed by atoms with Crippen molar-refractivity contribution in [1.82, 2.24) is 4.98 Å². The van der Waals surface area contributed by atoms with Crippen molar-refractivity contribution in [1.29, 1.82) is 0 Å². The first kappa shape index (κ1) is 22.1. The minimum Gasteiger partial charge on any atom is -0.507 e. The number of aliphatic hydroxyl groups is 1. The van der Waals surface area contributed by atoms with Crippen LogP contribution in [0.4, 0.5) is 5.69 Å². The van der Waals surface area contributed by atoms with Gasteiger partial charge < -0.3 is 14.6 Å². The van der Waals surface area contributed by atoms with E-state index in [1.54, 1.807) is 42.7 Å². The molecule has 1 N–H and O–H groups in total. The number of ether oxygens (including phenoxy) is 2. The third-order valence-electron chi connectivity index (χ3n) is 5.74. The lowest BCUT2D eigenvalue weighted by Gasteiger charge is -2.27. The molecule has 1 amide bonds. The van der Waals surface area contributed by atoms with Crippen molar-refractivity contribution in [2.75, 3.05) is 19.1 Å². The maximum atomic E-state index is 13.3. The van der Waals surface area contributed by atoms with Gasteiger partial charge in [0, 0.05) is 24.1 Å². The van der Waals surface area contributed by atoms with E-state index in [1.807, 2.05) is 32.0 Å². The van der Waals surface area contributed by atoms with E-state index in [0.717, 1.165) is 11.1 Å². The van der Waals surface area contributed by atoms with E-state index in [2.05, 4.69) is 4.98 Å². The zero-order valence-corrected chi connectivity index (χ0v) is 18.8. The lowest BCUT2D eigenvalue weighted by molar-refractivity contribution is -0.132. The first-order valence-electron chi connectivity index (χ1n) is 10.4. The van der Waals surface area contributed by atoms with Gasteiger partial charge in [-0.25, -0.2) is 0 Å². The first-order valence-corrected chi connectivity index (χ1v) is 10.4. The standard InChI is InChI=1S/C26H24N2O5/c1-15-5-8-20(16(2)13-15)28-23(17-9-11-27-12-10-17)22(25(30)26(28)31)24(29)19-7-6-18(32-3)14-21(19)33-4/h5-14,23,29H,1-4H3/b24-22-. The summed E-state index contributed by atoms with van der Waals surface area (Å²) in [7, 11) is 2.98. The van der Waals surface area contributed by atoms with Crippen LogP contribution in [0.5, 0.6) is 11.5 Å². The van der Waals surface area contributed by atoms with Crippen LogP contribution in [0.1, 0.15) is 28.3 Å². The minimum absolute atomic E-state index is 0.0189. The Labute approximate surface area is 191 Å². The van der Waals surface area contributed by atoms with Gasteiger partial charge in [0.25, 0.3) is 11.7 Å². The van der Waals surface area contributed by atoms with Crippen LogP contribution in [-0.2, 0) is 9.59 Å². The van der Waals surface area contributed by atoms with Crippen molar-refractivity contribution in [2.24, 2.45) is 0 Å². The van der Waals surface area contributed by atoms with E-state index >= 15 is 0 Å². The Hall–Kier alpha value is -4.13. The predicted molar refractivity (Wildman–Crippen MR) is 124 cm³/mol. The van der Waals surface area contributed by atoms with Gasteiger partial charge >= 0.3 is 0 Å². The summed E-state index contributed by atoms with van der Waals surface area (Å²) in [4.78, 5) is 32.1. The highest BCUT2D eigenvalue weighted by molar-refractivity contribution is 6.51. The molecule has 0 spiro atoms. The van der Waals surface area contributed by atoms with Crippen LogP contribution in [0.3, 0.4) is 0 Å². The van der Waals surface area contributed by atoms with E-state index in [0.29, 0.717) is 22.7 Å². The molecule has 3 aromatic rings. The van der Waals surface area contributed by atoms with E-state index in [-0.39, 0.29) is 16.9 Å². The third kappa shape index (κ3) is 3.82. The number of benzene rings is 2. The summed E-state index contributed by atoms with van der Waals surface area (Å²) >= 11 is 0. The lowest BCUT2D eigenvalue weighted by Crippen LogP contribution is -2.30. The second-order valence-electron chi connectivity index (χ2n) is 7.81. The molecule has 1 unspecified atom stereocenters. The molecule has 7 nitrogen and oxygen atoms in total. The van der Waals surface area contributed by atoms with E-state index in [9.17, 15) is 14.7 Å². The van der Waals surface area contributed by atoms with Crippen LogP contribution in [-0.4, -0.2) is 36.0 Å². The zero-order valence-electron chi connectivity index (χ0n) is 18.8. The summed E-state index contributed by atoms with van der Waals surface area (Å²) in [5.74, 6) is -0.949. The number of carbonyl (C=O) groups is 2. The summed E-state index contributed by atoms with van der Waals surface area (Å²) in [6, 6.07) is 13.1. The van der Waals surface area contributed by atoms with Gasteiger partial charge in [-0.1, -0.05) is 17.7 Å². The van der Waals surface area contributed by atoms with E-state index < -0.39 is 17.7 Å². The van der Waals surface area contributed by atoms with Gasteiger partial charge in [0.05, 0.1) is 31.4 Å². The number of aromatic nitrogens is 1. The van der Waals surface area contributed by atoms with Crippen LogP contribution in [0, 0.1) is 13.8 Å². The molecular weight excluding hydrogens is 420 g/mol. The SMILES string of the molecule is COc1ccc(/C(O)=C2/C(=O)C(=O)N(c3ccc(C)cc3C)C2c2ccncc2)c(OC)c1. The van der Waals surface area contributed by atoms with Gasteiger partial charge in [-0.3, -0.25) is 19.5 Å². The van der Waals surface area contributed by atoms with Crippen LogP contribution in [0.25, 0.3) is 5.76 Å². The van der Waals surface area contributed by atoms with Crippen LogP contribution >= 0.6 is 0 Å². The van der Waals surface area contributed by atoms with Gasteiger partial charge in [-0.2, -0.15) is 0 Å². The fourth-order valence-corrected chi connectivity index (χ4v) is 4.16. The van der Waals surface area contributed by atoms with Crippen molar-refractivity contribution >= 4 is 23.1 Å². The molecule has 1 aliphatic heterocycles. The van der Waals surface area contributed by atoms with E-state index in [4.69, 9.17) is 9.47 Å². The lowest BCUT2D eigenvalue weighted by atomic mass is 9.95. The quantitative estimate of drug-likeness (QED) is 0.358. The first-order chi connectivity index (χ1) is 15.9. The van der Waals surface area contributed by atoms with E-state index in [1.165, 1.54) is 19.1 Å². The highest BCUT2D eigenvalue weighted by atomic mass is 16.5. The number of ketones is 1. The molecule has 0 bridgehead atoms. The van der Waals surface area contributed by atoms with Crippen molar-refractivity contribution < 1.29 is 24.2 Å². The molecule has 0 saturated carbocycles. The molecule has 1 atom stereocenters. The monoisotopic (exact) mass is 444 g/mol. The summed E-state index contributed by atoms with van der Waals surface area (Å²) in [6.45, 7) is 3.85. The molecule has 33 heavy (non-hydrogen) atoms. The predicted octanol–water partition coefficient (Wildman–Crippen LogP) is 4.34. The summed E-state index contributed by atoms with van der Waals surface area (Å²) in [5, 5.41) is 11.3. The molecule has 2 aromatic carbocycles. The maximum absolute atomic E-state index is 13.3. The number of amides is 1. The second-order valence-corrected chi connectivity index (χ2v) is 7.81. The molecule has 1 aliphatic rings. The number of aryl methyl sites for hydroxylation is 2. The average Bonchev–Trinajstić information content (AvgIpc) is 3.09. The number of pyridine rings is 1. The van der Waals surface area contributed by atoms with Gasteiger partial charge in [-0.15, -0.1) is 0 Å². The largest absolute Gasteiger partial charge is 0.507 e. The Bertz CT molecular complexity index is 1270. The Morgan fingerprint density at radius 2 is 1.70 bits per heavy atom. The fourth-order valence-electron chi connectivity index (χ4n) is 4.16. The summed E-state index contributed by atoms with van der Waals surface area (Å²) in [6.07, 6.45) is 3.18. The number of rotatable bonds is 5. The molecule has 4 rings (SSSR count). The van der Waals surface area contributed by atoms with Crippen LogP contribution in [0.2, 0.25) is 0 Å². The van der Waals surface area contributed by atoms with Gasteiger partial charge in [-0.05, 0) is 55.3 Å². The number of hydrogen-bond donors (Lipinski definition) is 1. The van der Waals surface area contributed by atoms with Crippen molar-refractivity contribution in [3.63, 3.8) is 0 Å². The van der Waals surface area contributed by atoms with Gasteiger partial charge in [0.2, 0.25) is 0 Å². The Balaban J connectivity index is 1.97. The van der Waals surface area contributed by atoms with Crippen LogP contribution in [0.15, 0.2) is 66.5 Å². The molecule has 1 aromatic heterocycles. The number of hydrogen-bond acceptors (Lipinski definition) is 6. The number of Topliss-reactive ketones (excluding diaryl/α,β-unsaturated/α-hetero) is 1. The molecule has 168 valence electrons.